The molecule has 0 atom stereocenters. The summed E-state index contributed by atoms with van der Waals surface area (Å²) in [6, 6.07) is 6.90. The Labute approximate surface area is 120 Å². The van der Waals surface area contributed by atoms with Gasteiger partial charge in [-0.2, -0.15) is 0 Å². The zero-order chi connectivity index (χ0) is 15.4. The maximum Gasteiger partial charge on any atom is 0.358 e. The molecule has 1 amide bonds. The third kappa shape index (κ3) is 3.35. The van der Waals surface area contributed by atoms with Gasteiger partial charge in [-0.3, -0.25) is 4.79 Å². The molecule has 0 spiro atoms. The van der Waals surface area contributed by atoms with E-state index >= 15 is 0 Å². The Bertz CT molecular complexity index is 681. The lowest BCUT2D eigenvalue weighted by Crippen LogP contribution is -2.20. The van der Waals surface area contributed by atoms with Gasteiger partial charge < -0.3 is 15.2 Å². The number of carbonyl (C=O) groups excluding carboxylic acids is 1. The van der Waals surface area contributed by atoms with Crippen molar-refractivity contribution in [1.29, 1.82) is 0 Å². The molecule has 0 bridgehead atoms. The lowest BCUT2D eigenvalue weighted by atomic mass is 10.3. The average molecular weight is 290 g/mol. The highest BCUT2D eigenvalue weighted by Crippen LogP contribution is 2.16. The first-order valence-electron chi connectivity index (χ1n) is 6.08. The van der Waals surface area contributed by atoms with Gasteiger partial charge in [0.05, 0.1) is 12.8 Å². The Morgan fingerprint density at radius 3 is 2.81 bits per heavy atom. The highest BCUT2D eigenvalue weighted by Gasteiger charge is 2.16. The molecule has 0 unspecified atom stereocenters. The Kier molecular flexibility index (Phi) is 4.17. The van der Waals surface area contributed by atoms with Crippen molar-refractivity contribution in [3.05, 3.63) is 35.7 Å². The van der Waals surface area contributed by atoms with Crippen LogP contribution >= 0.6 is 0 Å². The third-order valence-corrected chi connectivity index (χ3v) is 2.83. The molecule has 0 radical (unpaired) electrons. The van der Waals surface area contributed by atoms with Gasteiger partial charge in [0.25, 0.3) is 0 Å². The maximum absolute atomic E-state index is 11.9. The number of nitrogens with one attached hydrogen (secondary N) is 1. The number of amides is 1. The molecule has 2 rings (SSSR count). The first-order chi connectivity index (χ1) is 10.0. The number of carbonyl (C=O) groups is 2. The quantitative estimate of drug-likeness (QED) is 0.848. The van der Waals surface area contributed by atoms with Crippen LogP contribution in [0.3, 0.4) is 0 Å². The van der Waals surface area contributed by atoms with Crippen molar-refractivity contribution in [2.75, 3.05) is 12.4 Å². The number of nitrogens with zero attached hydrogens (tertiary/aromatic N) is 3. The summed E-state index contributed by atoms with van der Waals surface area (Å²) in [5.74, 6) is -0.891. The van der Waals surface area contributed by atoms with E-state index in [1.807, 2.05) is 0 Å². The van der Waals surface area contributed by atoms with Gasteiger partial charge in [-0.25, -0.2) is 9.48 Å². The Hall–Kier alpha value is -2.90. The van der Waals surface area contributed by atoms with Gasteiger partial charge >= 0.3 is 5.97 Å². The van der Waals surface area contributed by atoms with E-state index < -0.39 is 5.97 Å². The number of benzene rings is 1. The average Bonchev–Trinajstić information content (AvgIpc) is 2.80. The molecule has 0 aliphatic carbocycles. The summed E-state index contributed by atoms with van der Waals surface area (Å²) in [6.45, 7) is 1.42. The second-order valence-corrected chi connectivity index (χ2v) is 4.27. The number of carboxylic acids is 1. The highest BCUT2D eigenvalue weighted by molar-refractivity contribution is 5.91. The van der Waals surface area contributed by atoms with E-state index in [-0.39, 0.29) is 18.1 Å². The van der Waals surface area contributed by atoms with Crippen LogP contribution in [-0.2, 0) is 11.3 Å². The van der Waals surface area contributed by atoms with E-state index in [9.17, 15) is 9.59 Å². The molecular weight excluding hydrogens is 276 g/mol. The second kappa shape index (κ2) is 6.04. The molecule has 1 aromatic heterocycles. The number of methoxy groups -OCH3 is 1. The summed E-state index contributed by atoms with van der Waals surface area (Å²) in [5, 5.41) is 18.7. The van der Waals surface area contributed by atoms with Gasteiger partial charge in [0.15, 0.2) is 5.69 Å². The lowest BCUT2D eigenvalue weighted by molar-refractivity contribution is -0.117. The Morgan fingerprint density at radius 2 is 2.19 bits per heavy atom. The summed E-state index contributed by atoms with van der Waals surface area (Å²) in [6.07, 6.45) is 0. The van der Waals surface area contributed by atoms with Gasteiger partial charge in [0.1, 0.15) is 12.3 Å². The number of anilines is 1. The van der Waals surface area contributed by atoms with Crippen LogP contribution in [0.5, 0.6) is 5.75 Å². The SMILES string of the molecule is COc1cccc(NC(=O)Cn2nnc(C(=O)O)c2C)c1. The van der Waals surface area contributed by atoms with Crippen LogP contribution in [0.25, 0.3) is 0 Å². The summed E-state index contributed by atoms with van der Waals surface area (Å²) >= 11 is 0. The minimum absolute atomic E-state index is 0.122. The molecule has 0 saturated carbocycles. The van der Waals surface area contributed by atoms with E-state index in [0.717, 1.165) is 0 Å². The topological polar surface area (TPSA) is 106 Å². The second-order valence-electron chi connectivity index (χ2n) is 4.27. The molecule has 21 heavy (non-hydrogen) atoms. The summed E-state index contributed by atoms with van der Waals surface area (Å²) in [5.41, 5.74) is 0.739. The number of hydrogen-bond donors (Lipinski definition) is 2. The van der Waals surface area contributed by atoms with Crippen LogP contribution < -0.4 is 10.1 Å². The van der Waals surface area contributed by atoms with Crippen molar-refractivity contribution in [2.45, 2.75) is 13.5 Å². The molecule has 8 nitrogen and oxygen atoms in total. The number of rotatable bonds is 5. The van der Waals surface area contributed by atoms with Crippen LogP contribution in [0.2, 0.25) is 0 Å². The smallest absolute Gasteiger partial charge is 0.358 e. The molecule has 2 aromatic rings. The monoisotopic (exact) mass is 290 g/mol. The first-order valence-corrected chi connectivity index (χ1v) is 6.08. The first kappa shape index (κ1) is 14.5. The largest absolute Gasteiger partial charge is 0.497 e. The van der Waals surface area contributed by atoms with Crippen LogP contribution in [-0.4, -0.2) is 39.1 Å². The zero-order valence-corrected chi connectivity index (χ0v) is 11.5. The van der Waals surface area contributed by atoms with Crippen molar-refractivity contribution < 1.29 is 19.4 Å². The molecule has 0 fully saturated rings. The minimum atomic E-state index is -1.17. The predicted molar refractivity (Wildman–Crippen MR) is 73.3 cm³/mol. The normalized spacial score (nSPS) is 10.2. The summed E-state index contributed by atoms with van der Waals surface area (Å²) in [7, 11) is 1.53. The molecule has 0 aliphatic heterocycles. The number of aromatic carboxylic acids is 1. The molecule has 2 N–H and O–H groups in total. The van der Waals surface area contributed by atoms with Crippen molar-refractivity contribution in [3.8, 4) is 5.75 Å². The predicted octanol–water partition coefficient (Wildman–Crippen LogP) is 0.932. The van der Waals surface area contributed by atoms with Gasteiger partial charge in [-0.1, -0.05) is 11.3 Å². The number of hydrogen-bond acceptors (Lipinski definition) is 5. The van der Waals surface area contributed by atoms with E-state index in [2.05, 4.69) is 15.6 Å². The van der Waals surface area contributed by atoms with Crippen LogP contribution in [0.1, 0.15) is 16.2 Å². The minimum Gasteiger partial charge on any atom is -0.497 e. The van der Waals surface area contributed by atoms with Gasteiger partial charge in [-0.05, 0) is 19.1 Å². The molecule has 1 aromatic carbocycles. The van der Waals surface area contributed by atoms with Crippen molar-refractivity contribution in [1.82, 2.24) is 15.0 Å². The fraction of sp³-hybridized carbons (Fsp3) is 0.231. The standard InChI is InChI=1S/C13H14N4O4/c1-8-12(13(19)20)15-16-17(8)7-11(18)14-9-4-3-5-10(6-9)21-2/h3-6H,7H2,1-2H3,(H,14,18)(H,19,20). The van der Waals surface area contributed by atoms with Crippen LogP contribution in [0.4, 0.5) is 5.69 Å². The van der Waals surface area contributed by atoms with Crippen molar-refractivity contribution in [2.24, 2.45) is 0 Å². The molecule has 8 heteroatoms. The maximum atomic E-state index is 11.9. The van der Waals surface area contributed by atoms with Gasteiger partial charge in [0, 0.05) is 11.8 Å². The van der Waals surface area contributed by atoms with E-state index in [0.29, 0.717) is 17.1 Å². The van der Waals surface area contributed by atoms with Crippen molar-refractivity contribution >= 4 is 17.6 Å². The number of aromatic nitrogens is 3. The number of ether oxygens (including phenoxy) is 1. The Balaban J connectivity index is 2.06. The van der Waals surface area contributed by atoms with Gasteiger partial charge in [-0.15, -0.1) is 5.10 Å². The lowest BCUT2D eigenvalue weighted by Gasteiger charge is -2.07. The number of carboxylic acid groups (broad SMARTS) is 1. The van der Waals surface area contributed by atoms with Crippen molar-refractivity contribution in [3.63, 3.8) is 0 Å². The van der Waals surface area contributed by atoms with E-state index in [4.69, 9.17) is 9.84 Å². The van der Waals surface area contributed by atoms with Gasteiger partial charge in [0.2, 0.25) is 5.91 Å². The summed E-state index contributed by atoms with van der Waals surface area (Å²) < 4.78 is 6.29. The van der Waals surface area contributed by atoms with Crippen LogP contribution in [0, 0.1) is 6.92 Å². The molecule has 0 aliphatic rings. The molecule has 0 saturated heterocycles. The summed E-state index contributed by atoms with van der Waals surface area (Å²) in [4.78, 5) is 22.8. The van der Waals surface area contributed by atoms with Crippen LogP contribution in [0.15, 0.2) is 24.3 Å². The highest BCUT2D eigenvalue weighted by atomic mass is 16.5. The van der Waals surface area contributed by atoms with E-state index in [1.165, 1.54) is 11.8 Å². The fourth-order valence-corrected chi connectivity index (χ4v) is 1.75. The van der Waals surface area contributed by atoms with E-state index in [1.54, 1.807) is 31.2 Å². The third-order valence-electron chi connectivity index (χ3n) is 2.83. The Morgan fingerprint density at radius 1 is 1.43 bits per heavy atom. The fourth-order valence-electron chi connectivity index (χ4n) is 1.75. The molecular formula is C13H14N4O4. The molecule has 110 valence electrons. The molecule has 1 heterocycles. The zero-order valence-electron chi connectivity index (χ0n) is 11.5.